The van der Waals surface area contributed by atoms with E-state index in [4.69, 9.17) is 5.11 Å². The number of nitrogens with one attached hydrogen (secondary N) is 1. The zero-order valence-electron chi connectivity index (χ0n) is 12.0. The minimum atomic E-state index is -1.24. The highest BCUT2D eigenvalue weighted by molar-refractivity contribution is 7.98. The van der Waals surface area contributed by atoms with Gasteiger partial charge in [0, 0.05) is 29.6 Å². The summed E-state index contributed by atoms with van der Waals surface area (Å²) in [5.74, 6) is -0.753. The standard InChI is InChI=1S/C13H18N2O5S/c1-8-10(14-6-13(2,18)7-21-3)4-9(12(16)17)5-11(8)15(19)20/h4-5,14,18H,6-7H2,1-3H3,(H,16,17). The first-order chi connectivity index (χ1) is 9.68. The van der Waals surface area contributed by atoms with E-state index < -0.39 is 16.5 Å². The monoisotopic (exact) mass is 314 g/mol. The molecule has 1 rings (SSSR count). The number of thioether (sulfide) groups is 1. The Kier molecular flexibility index (Phi) is 5.56. The number of carboxylic acid groups (broad SMARTS) is 1. The highest BCUT2D eigenvalue weighted by Gasteiger charge is 2.22. The van der Waals surface area contributed by atoms with Crippen molar-refractivity contribution in [3.8, 4) is 0 Å². The molecule has 8 heteroatoms. The highest BCUT2D eigenvalue weighted by atomic mass is 32.2. The molecule has 0 spiro atoms. The van der Waals surface area contributed by atoms with Crippen LogP contribution >= 0.6 is 11.8 Å². The van der Waals surface area contributed by atoms with Gasteiger partial charge in [-0.1, -0.05) is 0 Å². The molecule has 0 radical (unpaired) electrons. The number of carbonyl (C=O) groups is 1. The summed E-state index contributed by atoms with van der Waals surface area (Å²) >= 11 is 1.47. The molecule has 0 heterocycles. The van der Waals surface area contributed by atoms with Gasteiger partial charge < -0.3 is 15.5 Å². The molecular formula is C13H18N2O5S. The molecule has 0 saturated heterocycles. The summed E-state index contributed by atoms with van der Waals surface area (Å²) < 4.78 is 0. The first kappa shape index (κ1) is 17.3. The van der Waals surface area contributed by atoms with Crippen molar-refractivity contribution < 1.29 is 19.9 Å². The zero-order chi connectivity index (χ0) is 16.2. The molecule has 1 unspecified atom stereocenters. The van der Waals surface area contributed by atoms with Gasteiger partial charge in [-0.05, 0) is 26.2 Å². The first-order valence-electron chi connectivity index (χ1n) is 6.15. The number of hydrogen-bond donors (Lipinski definition) is 3. The van der Waals surface area contributed by atoms with Crippen molar-refractivity contribution in [1.82, 2.24) is 0 Å². The smallest absolute Gasteiger partial charge is 0.336 e. The molecule has 116 valence electrons. The minimum absolute atomic E-state index is 0.162. The molecule has 3 N–H and O–H groups in total. The number of hydrogen-bond acceptors (Lipinski definition) is 6. The number of benzene rings is 1. The molecule has 0 aliphatic rings. The molecule has 0 fully saturated rings. The number of carboxylic acids is 1. The summed E-state index contributed by atoms with van der Waals surface area (Å²) in [6, 6.07) is 2.36. The molecule has 0 aliphatic heterocycles. The van der Waals surface area contributed by atoms with E-state index in [9.17, 15) is 20.0 Å². The molecule has 0 saturated carbocycles. The van der Waals surface area contributed by atoms with Crippen molar-refractivity contribution in [2.24, 2.45) is 0 Å². The maximum atomic E-state index is 11.0. The van der Waals surface area contributed by atoms with Crippen LogP contribution in [0.3, 0.4) is 0 Å². The lowest BCUT2D eigenvalue weighted by atomic mass is 10.1. The van der Waals surface area contributed by atoms with Crippen LogP contribution in [0.15, 0.2) is 12.1 Å². The van der Waals surface area contributed by atoms with Gasteiger partial charge >= 0.3 is 5.97 Å². The van der Waals surface area contributed by atoms with Crippen LogP contribution < -0.4 is 5.32 Å². The maximum absolute atomic E-state index is 11.0. The summed E-state index contributed by atoms with van der Waals surface area (Å²) in [5.41, 5.74) is -0.756. The summed E-state index contributed by atoms with van der Waals surface area (Å²) in [6.07, 6.45) is 1.86. The van der Waals surface area contributed by atoms with Crippen LogP contribution in [0.5, 0.6) is 0 Å². The molecule has 1 atom stereocenters. The van der Waals surface area contributed by atoms with E-state index in [0.29, 0.717) is 17.0 Å². The quantitative estimate of drug-likeness (QED) is 0.522. The summed E-state index contributed by atoms with van der Waals surface area (Å²) in [4.78, 5) is 21.4. The second-order valence-corrected chi connectivity index (χ2v) is 5.88. The number of nitro benzene ring substituents is 1. The van der Waals surface area contributed by atoms with Crippen molar-refractivity contribution >= 4 is 29.1 Å². The highest BCUT2D eigenvalue weighted by Crippen LogP contribution is 2.28. The third-order valence-corrected chi connectivity index (χ3v) is 3.85. The van der Waals surface area contributed by atoms with E-state index in [0.717, 1.165) is 6.07 Å². The molecule has 1 aromatic rings. The van der Waals surface area contributed by atoms with E-state index in [1.54, 1.807) is 6.92 Å². The lowest BCUT2D eigenvalue weighted by Crippen LogP contribution is -2.36. The van der Waals surface area contributed by atoms with Crippen molar-refractivity contribution in [3.63, 3.8) is 0 Å². The van der Waals surface area contributed by atoms with Gasteiger partial charge in [-0.3, -0.25) is 10.1 Å². The van der Waals surface area contributed by atoms with Gasteiger partial charge in [-0.2, -0.15) is 11.8 Å². The van der Waals surface area contributed by atoms with Gasteiger partial charge in [0.05, 0.1) is 16.1 Å². The van der Waals surface area contributed by atoms with Crippen molar-refractivity contribution in [2.75, 3.05) is 23.9 Å². The van der Waals surface area contributed by atoms with Crippen LogP contribution in [-0.4, -0.2) is 45.3 Å². The van der Waals surface area contributed by atoms with Crippen LogP contribution in [0.4, 0.5) is 11.4 Å². The van der Waals surface area contributed by atoms with Crippen LogP contribution in [0.2, 0.25) is 0 Å². The van der Waals surface area contributed by atoms with Gasteiger partial charge in [0.2, 0.25) is 0 Å². The minimum Gasteiger partial charge on any atom is -0.478 e. The first-order valence-corrected chi connectivity index (χ1v) is 7.55. The van der Waals surface area contributed by atoms with Gasteiger partial charge in [0.25, 0.3) is 5.69 Å². The average Bonchev–Trinajstić information content (AvgIpc) is 2.36. The fraction of sp³-hybridized carbons (Fsp3) is 0.462. The lowest BCUT2D eigenvalue weighted by Gasteiger charge is -2.23. The van der Waals surface area contributed by atoms with E-state index in [1.807, 2.05) is 6.26 Å². The summed E-state index contributed by atoms with van der Waals surface area (Å²) in [6.45, 7) is 3.34. The van der Waals surface area contributed by atoms with Crippen molar-refractivity contribution in [1.29, 1.82) is 0 Å². The Morgan fingerprint density at radius 1 is 1.52 bits per heavy atom. The lowest BCUT2D eigenvalue weighted by molar-refractivity contribution is -0.385. The summed E-state index contributed by atoms with van der Waals surface area (Å²) in [7, 11) is 0. The largest absolute Gasteiger partial charge is 0.478 e. The Morgan fingerprint density at radius 3 is 2.62 bits per heavy atom. The zero-order valence-corrected chi connectivity index (χ0v) is 12.9. The van der Waals surface area contributed by atoms with Gasteiger partial charge in [0.15, 0.2) is 0 Å². The average molecular weight is 314 g/mol. The Bertz CT molecular complexity index is 560. The Labute approximate surface area is 126 Å². The van der Waals surface area contributed by atoms with Crippen molar-refractivity contribution in [2.45, 2.75) is 19.4 Å². The topological polar surface area (TPSA) is 113 Å². The number of nitro groups is 1. The second-order valence-electron chi connectivity index (χ2n) is 5.01. The van der Waals surface area contributed by atoms with Crippen LogP contribution in [-0.2, 0) is 0 Å². The molecule has 0 amide bonds. The Balaban J connectivity index is 3.11. The Hall–Kier alpha value is -1.80. The maximum Gasteiger partial charge on any atom is 0.336 e. The molecular weight excluding hydrogens is 296 g/mol. The van der Waals surface area contributed by atoms with Gasteiger partial charge in [-0.15, -0.1) is 0 Å². The number of rotatable bonds is 7. The number of anilines is 1. The predicted molar refractivity (Wildman–Crippen MR) is 82.3 cm³/mol. The third-order valence-electron chi connectivity index (χ3n) is 2.94. The second kappa shape index (κ2) is 6.77. The van der Waals surface area contributed by atoms with E-state index >= 15 is 0 Å². The number of aliphatic hydroxyl groups is 1. The van der Waals surface area contributed by atoms with Crippen molar-refractivity contribution in [3.05, 3.63) is 33.4 Å². The van der Waals surface area contributed by atoms with Crippen LogP contribution in [0.25, 0.3) is 0 Å². The summed E-state index contributed by atoms with van der Waals surface area (Å²) in [5, 5.41) is 33.0. The van der Waals surface area contributed by atoms with E-state index in [1.165, 1.54) is 24.8 Å². The molecule has 1 aromatic carbocycles. The van der Waals surface area contributed by atoms with Crippen LogP contribution in [0.1, 0.15) is 22.8 Å². The number of aromatic carboxylic acids is 1. The predicted octanol–water partition coefficient (Wildman–Crippen LogP) is 2.13. The molecule has 7 nitrogen and oxygen atoms in total. The molecule has 0 aromatic heterocycles. The van der Waals surface area contributed by atoms with E-state index in [-0.39, 0.29) is 17.8 Å². The Morgan fingerprint density at radius 2 is 2.14 bits per heavy atom. The number of nitrogens with zero attached hydrogens (tertiary/aromatic N) is 1. The molecule has 0 aliphatic carbocycles. The molecule has 0 bridgehead atoms. The fourth-order valence-electron chi connectivity index (χ4n) is 1.84. The van der Waals surface area contributed by atoms with E-state index in [2.05, 4.69) is 5.32 Å². The van der Waals surface area contributed by atoms with Gasteiger partial charge in [-0.25, -0.2) is 4.79 Å². The molecule has 21 heavy (non-hydrogen) atoms. The van der Waals surface area contributed by atoms with Gasteiger partial charge in [0.1, 0.15) is 0 Å². The fourth-order valence-corrected chi connectivity index (χ4v) is 2.57. The normalized spacial score (nSPS) is 13.5. The third kappa shape index (κ3) is 4.61. The SMILES string of the molecule is CSCC(C)(O)CNc1cc(C(=O)O)cc([N+](=O)[O-])c1C. The van der Waals surface area contributed by atoms with Crippen LogP contribution in [0, 0.1) is 17.0 Å².